The third kappa shape index (κ3) is 3.05. The molecule has 64 valence electrons. The van der Waals surface area contributed by atoms with Gasteiger partial charge in [0.15, 0.2) is 0 Å². The molecule has 0 aromatic carbocycles. The van der Waals surface area contributed by atoms with Gasteiger partial charge >= 0.3 is 0 Å². The van der Waals surface area contributed by atoms with Crippen molar-refractivity contribution in [1.82, 2.24) is 0 Å². The lowest BCUT2D eigenvalue weighted by Crippen LogP contribution is -1.95. The third-order valence-corrected chi connectivity index (χ3v) is 2.19. The van der Waals surface area contributed by atoms with Gasteiger partial charge in [0.1, 0.15) is 5.04 Å². The minimum absolute atomic E-state index is 0.826. The van der Waals surface area contributed by atoms with Crippen molar-refractivity contribution in [2.24, 2.45) is 10.2 Å². The first kappa shape index (κ1) is 9.26. The summed E-state index contributed by atoms with van der Waals surface area (Å²) in [6.45, 7) is 6.01. The highest BCUT2D eigenvalue weighted by molar-refractivity contribution is 8.13. The van der Waals surface area contributed by atoms with E-state index in [9.17, 15) is 0 Å². The minimum Gasteiger partial charge on any atom is -0.158 e. The molecule has 1 aliphatic rings. The Bertz CT molecular complexity index is 251. The molecular formula is C9H12N2S. The SMILES string of the molecule is C=C1\C=C/C=N\N=C(\SCC)C1. The number of thioether (sulfide) groups is 1. The van der Waals surface area contributed by atoms with E-state index in [1.165, 1.54) is 0 Å². The van der Waals surface area contributed by atoms with E-state index >= 15 is 0 Å². The quantitative estimate of drug-likeness (QED) is 0.609. The van der Waals surface area contributed by atoms with Crippen LogP contribution in [0.4, 0.5) is 0 Å². The van der Waals surface area contributed by atoms with Crippen LogP contribution in [0, 0.1) is 0 Å². The molecule has 0 saturated carbocycles. The van der Waals surface area contributed by atoms with Crippen LogP contribution in [0.15, 0.2) is 34.5 Å². The lowest BCUT2D eigenvalue weighted by Gasteiger charge is -2.03. The summed E-state index contributed by atoms with van der Waals surface area (Å²) in [6.07, 6.45) is 6.33. The molecule has 0 N–H and O–H groups in total. The van der Waals surface area contributed by atoms with Crippen LogP contribution in [0.3, 0.4) is 0 Å². The van der Waals surface area contributed by atoms with Crippen molar-refractivity contribution in [1.29, 1.82) is 0 Å². The zero-order valence-electron chi connectivity index (χ0n) is 7.16. The van der Waals surface area contributed by atoms with Gasteiger partial charge in [-0.3, -0.25) is 0 Å². The van der Waals surface area contributed by atoms with E-state index in [1.54, 1.807) is 18.0 Å². The first-order valence-corrected chi connectivity index (χ1v) is 4.88. The van der Waals surface area contributed by atoms with Gasteiger partial charge in [-0.25, -0.2) is 0 Å². The Hall–Kier alpha value is -0.830. The summed E-state index contributed by atoms with van der Waals surface area (Å²) in [5, 5.41) is 8.98. The number of hydrogen-bond donors (Lipinski definition) is 0. The van der Waals surface area contributed by atoms with Crippen LogP contribution in [0.5, 0.6) is 0 Å². The molecule has 1 rings (SSSR count). The van der Waals surface area contributed by atoms with Crippen LogP contribution < -0.4 is 0 Å². The van der Waals surface area contributed by atoms with Crippen LogP contribution in [0.25, 0.3) is 0 Å². The molecule has 0 saturated heterocycles. The third-order valence-electron chi connectivity index (χ3n) is 1.34. The van der Waals surface area contributed by atoms with E-state index in [4.69, 9.17) is 0 Å². The Kier molecular flexibility index (Phi) is 3.80. The van der Waals surface area contributed by atoms with Crippen molar-refractivity contribution >= 4 is 23.0 Å². The highest BCUT2D eigenvalue weighted by Gasteiger charge is 2.01. The minimum atomic E-state index is 0.826. The van der Waals surface area contributed by atoms with Crippen molar-refractivity contribution in [3.63, 3.8) is 0 Å². The molecule has 0 aliphatic carbocycles. The van der Waals surface area contributed by atoms with E-state index in [0.29, 0.717) is 0 Å². The van der Waals surface area contributed by atoms with Gasteiger partial charge in [-0.2, -0.15) is 5.10 Å². The predicted octanol–water partition coefficient (Wildman–Crippen LogP) is 2.64. The maximum absolute atomic E-state index is 4.06. The molecule has 0 atom stereocenters. The molecular weight excluding hydrogens is 168 g/mol. The number of rotatable bonds is 1. The van der Waals surface area contributed by atoms with E-state index < -0.39 is 0 Å². The second-order valence-corrected chi connectivity index (χ2v) is 3.72. The van der Waals surface area contributed by atoms with Gasteiger partial charge in [0.05, 0.1) is 0 Å². The fraction of sp³-hybridized carbons (Fsp3) is 0.333. The molecule has 0 unspecified atom stereocenters. The standard InChI is InChI=1S/C9H12N2S/c1-3-12-9-7-8(2)5-4-6-10-11-9/h4-6H,2-3,7H2,1H3/b5-4-,10-6-,11-9+. The largest absolute Gasteiger partial charge is 0.158 e. The van der Waals surface area contributed by atoms with E-state index in [1.807, 2.05) is 12.2 Å². The lowest BCUT2D eigenvalue weighted by molar-refractivity contribution is 1.22. The molecule has 0 fully saturated rings. The molecule has 0 radical (unpaired) electrons. The first-order chi connectivity index (χ1) is 5.83. The zero-order chi connectivity index (χ0) is 8.81. The van der Waals surface area contributed by atoms with Gasteiger partial charge in [0, 0.05) is 12.6 Å². The monoisotopic (exact) mass is 180 g/mol. The first-order valence-electron chi connectivity index (χ1n) is 3.90. The summed E-state index contributed by atoms with van der Waals surface area (Å²) in [5.41, 5.74) is 1.08. The van der Waals surface area contributed by atoms with Crippen LogP contribution in [0.2, 0.25) is 0 Å². The maximum atomic E-state index is 4.06. The van der Waals surface area contributed by atoms with Gasteiger partial charge in [0.25, 0.3) is 0 Å². The topological polar surface area (TPSA) is 24.7 Å². The molecule has 0 aromatic rings. The van der Waals surface area contributed by atoms with Crippen molar-refractivity contribution in [2.45, 2.75) is 13.3 Å². The predicted molar refractivity (Wildman–Crippen MR) is 57.0 cm³/mol. The molecule has 0 amide bonds. The summed E-state index contributed by atoms with van der Waals surface area (Å²) >= 11 is 1.72. The van der Waals surface area contributed by atoms with Gasteiger partial charge in [-0.1, -0.05) is 19.6 Å². The van der Waals surface area contributed by atoms with Crippen molar-refractivity contribution in [3.8, 4) is 0 Å². The molecule has 0 bridgehead atoms. The summed E-state index contributed by atoms with van der Waals surface area (Å²) in [5.74, 6) is 1.03. The van der Waals surface area contributed by atoms with Gasteiger partial charge in [0.2, 0.25) is 0 Å². The fourth-order valence-corrected chi connectivity index (χ4v) is 1.58. The van der Waals surface area contributed by atoms with Crippen LogP contribution in [-0.4, -0.2) is 17.0 Å². The van der Waals surface area contributed by atoms with Gasteiger partial charge in [-0.05, 0) is 17.4 Å². The Morgan fingerprint density at radius 2 is 2.50 bits per heavy atom. The summed E-state index contributed by atoms with van der Waals surface area (Å²) in [6, 6.07) is 0. The van der Waals surface area contributed by atoms with Gasteiger partial charge in [-0.15, -0.1) is 16.9 Å². The second kappa shape index (κ2) is 4.93. The molecule has 3 heteroatoms. The Morgan fingerprint density at radius 3 is 3.25 bits per heavy atom. The number of allylic oxidation sites excluding steroid dienone is 3. The normalized spacial score (nSPS) is 26.8. The molecule has 1 aliphatic heterocycles. The fourth-order valence-electron chi connectivity index (χ4n) is 0.850. The van der Waals surface area contributed by atoms with Crippen LogP contribution >= 0.6 is 11.8 Å². The van der Waals surface area contributed by atoms with E-state index in [0.717, 1.165) is 22.8 Å². The highest BCUT2D eigenvalue weighted by Crippen LogP contribution is 2.14. The van der Waals surface area contributed by atoms with Crippen LogP contribution in [-0.2, 0) is 0 Å². The average Bonchev–Trinajstić information content (AvgIpc) is 2.00. The van der Waals surface area contributed by atoms with E-state index in [2.05, 4.69) is 23.7 Å². The summed E-state index contributed by atoms with van der Waals surface area (Å²) in [7, 11) is 0. The average molecular weight is 180 g/mol. The Balaban J connectivity index is 2.68. The second-order valence-electron chi connectivity index (χ2n) is 2.39. The smallest absolute Gasteiger partial charge is 0.100 e. The van der Waals surface area contributed by atoms with Crippen molar-refractivity contribution in [2.75, 3.05) is 5.75 Å². The Morgan fingerprint density at radius 1 is 1.67 bits per heavy atom. The molecule has 0 spiro atoms. The van der Waals surface area contributed by atoms with Crippen LogP contribution in [0.1, 0.15) is 13.3 Å². The molecule has 12 heavy (non-hydrogen) atoms. The van der Waals surface area contributed by atoms with Crippen molar-refractivity contribution in [3.05, 3.63) is 24.3 Å². The molecule has 2 nitrogen and oxygen atoms in total. The maximum Gasteiger partial charge on any atom is 0.100 e. The number of nitrogens with zero attached hydrogens (tertiary/aromatic N) is 2. The van der Waals surface area contributed by atoms with Gasteiger partial charge < -0.3 is 0 Å². The lowest BCUT2D eigenvalue weighted by atomic mass is 10.2. The number of hydrogen-bond acceptors (Lipinski definition) is 3. The van der Waals surface area contributed by atoms with Crippen molar-refractivity contribution < 1.29 is 0 Å². The summed E-state index contributed by atoms with van der Waals surface area (Å²) in [4.78, 5) is 0. The zero-order valence-corrected chi connectivity index (χ0v) is 7.97. The van der Waals surface area contributed by atoms with E-state index in [-0.39, 0.29) is 0 Å². The molecule has 0 aromatic heterocycles. The molecule has 1 heterocycles. The summed E-state index contributed by atoms with van der Waals surface area (Å²) < 4.78 is 0. The highest BCUT2D eigenvalue weighted by atomic mass is 32.2. The Labute approximate surface area is 77.2 Å².